The average molecular weight is 949 g/mol. The number of carbonyl (C=O) groups is 4. The monoisotopic (exact) mass is 948 g/mol. The molecular weight excluding hydrogens is 892 g/mol. The van der Waals surface area contributed by atoms with Gasteiger partial charge in [0.2, 0.25) is 17.8 Å². The van der Waals surface area contributed by atoms with Crippen molar-refractivity contribution in [2.75, 3.05) is 110 Å². The summed E-state index contributed by atoms with van der Waals surface area (Å²) in [6.45, 7) is 5.66. The number of halogens is 1. The number of hydrogen-bond acceptors (Lipinski definition) is 16. The molecule has 3 aliphatic rings. The van der Waals surface area contributed by atoms with Gasteiger partial charge in [-0.3, -0.25) is 29.3 Å². The summed E-state index contributed by atoms with van der Waals surface area (Å²) in [5.41, 5.74) is 2.37. The van der Waals surface area contributed by atoms with E-state index in [4.69, 9.17) is 49.7 Å². The number of hydrogen-bond donors (Lipinski definition) is 2. The van der Waals surface area contributed by atoms with E-state index in [2.05, 4.69) is 20.5 Å². The molecule has 0 saturated carbocycles. The number of nitrogens with zero attached hydrogens (tertiary/aromatic N) is 6. The molecule has 360 valence electrons. The van der Waals surface area contributed by atoms with Gasteiger partial charge in [-0.1, -0.05) is 11.6 Å². The fraction of sp³-hybridized carbons (Fsp3) is 0.500. The molecule has 20 nitrogen and oxygen atoms in total. The highest BCUT2D eigenvalue weighted by Gasteiger charge is 2.39. The van der Waals surface area contributed by atoms with E-state index in [9.17, 15) is 24.0 Å². The molecule has 1 unspecified atom stereocenters. The molecule has 21 heteroatoms. The number of fused-ring (bicyclic) bond motifs is 2. The second-order valence-electron chi connectivity index (χ2n) is 16.3. The molecule has 2 fully saturated rings. The number of amides is 4. The van der Waals surface area contributed by atoms with Crippen LogP contribution in [0, 0.1) is 0 Å². The molecular formula is C46H57ClN8O12. The van der Waals surface area contributed by atoms with Gasteiger partial charge in [-0.2, -0.15) is 4.98 Å². The normalized spacial score (nSPS) is 16.4. The van der Waals surface area contributed by atoms with Crippen LogP contribution in [0.5, 0.6) is 11.5 Å². The van der Waals surface area contributed by atoms with Gasteiger partial charge in [-0.15, -0.1) is 0 Å². The van der Waals surface area contributed by atoms with Crippen LogP contribution in [0.3, 0.4) is 0 Å². The smallest absolute Gasteiger partial charge is 0.293 e. The number of aromatic nitrogens is 3. The minimum Gasteiger partial charge on any atom is -0.491 e. The highest BCUT2D eigenvalue weighted by Crippen LogP contribution is 2.31. The van der Waals surface area contributed by atoms with E-state index in [0.29, 0.717) is 131 Å². The van der Waals surface area contributed by atoms with Crippen molar-refractivity contribution < 1.29 is 52.3 Å². The highest BCUT2D eigenvalue weighted by atomic mass is 35.5. The largest absolute Gasteiger partial charge is 0.491 e. The molecule has 2 saturated heterocycles. The van der Waals surface area contributed by atoms with Crippen molar-refractivity contribution >= 4 is 63.6 Å². The molecule has 2 N–H and O–H groups in total. The van der Waals surface area contributed by atoms with Crippen molar-refractivity contribution in [1.82, 2.24) is 29.7 Å². The van der Waals surface area contributed by atoms with Gasteiger partial charge in [0.15, 0.2) is 18.2 Å². The Morgan fingerprint density at radius 1 is 0.851 bits per heavy atom. The third-order valence-corrected chi connectivity index (χ3v) is 11.7. The molecule has 67 heavy (non-hydrogen) atoms. The Labute approximate surface area is 392 Å². The van der Waals surface area contributed by atoms with Crippen molar-refractivity contribution in [1.29, 1.82) is 0 Å². The summed E-state index contributed by atoms with van der Waals surface area (Å²) in [6, 6.07) is 11.7. The summed E-state index contributed by atoms with van der Waals surface area (Å²) >= 11 is 6.52. The van der Waals surface area contributed by atoms with E-state index in [1.165, 1.54) is 14.4 Å². The Morgan fingerprint density at radius 3 is 2.22 bits per heavy atom. The van der Waals surface area contributed by atoms with E-state index in [-0.39, 0.29) is 48.2 Å². The first-order valence-corrected chi connectivity index (χ1v) is 22.7. The summed E-state index contributed by atoms with van der Waals surface area (Å²) in [5, 5.41) is 6.68. The summed E-state index contributed by atoms with van der Waals surface area (Å²) in [7, 11) is 4.90. The van der Waals surface area contributed by atoms with Crippen LogP contribution >= 0.6 is 11.6 Å². The van der Waals surface area contributed by atoms with Gasteiger partial charge >= 0.3 is 0 Å². The number of rotatable bonds is 24. The second kappa shape index (κ2) is 23.7. The molecule has 1 atom stereocenters. The topological polar surface area (TPSA) is 214 Å². The Morgan fingerprint density at radius 2 is 1.54 bits per heavy atom. The number of pyridine rings is 1. The maximum Gasteiger partial charge on any atom is 0.293 e. The average Bonchev–Trinajstić information content (AvgIpc) is 3.64. The molecule has 0 radical (unpaired) electrons. The molecule has 7 rings (SSSR count). The Balaban J connectivity index is 0.699. The number of aryl methyl sites for hydroxylation is 1. The number of piperidine rings is 2. The molecule has 4 aromatic rings. The number of likely N-dealkylation sites (N-methyl/N-ethyl adjacent to an activating group) is 1. The third-order valence-electron chi connectivity index (χ3n) is 11.4. The van der Waals surface area contributed by atoms with Crippen LogP contribution in [0.25, 0.3) is 10.9 Å². The lowest BCUT2D eigenvalue weighted by atomic mass is 10.0. The number of carbonyl (C=O) groups excluding carboxylic acids is 4. The van der Waals surface area contributed by atoms with Crippen LogP contribution in [0.4, 0.5) is 17.5 Å². The molecule has 2 aromatic carbocycles. The zero-order valence-corrected chi connectivity index (χ0v) is 38.7. The standard InChI is InChI=1S/C46H57ClN8O12/c1-52(2)41(57)29-67-39-26-30-24-32(4-7-37(30)53(3)45(39)60)49-42-36(47)27-48-46(51-42)54-12-10-33(11-13-54)65-22-20-63-18-16-61-14-15-62-17-19-64-21-23-66-34-5-6-35-31(25-34)28-55(44(35)59)38-8-9-40(56)50-43(38)58/h4-7,24-27,33,38H,8-23,28-29H2,1-3H3,(H,48,49,51)(H,50,56,58). The summed E-state index contributed by atoms with van der Waals surface area (Å²) in [5.74, 6) is 0.455. The molecule has 3 aliphatic heterocycles. The van der Waals surface area contributed by atoms with Gasteiger partial charge in [0, 0.05) is 63.8 Å². The quantitative estimate of drug-likeness (QED) is 0.0763. The van der Waals surface area contributed by atoms with Crippen molar-refractivity contribution in [3.8, 4) is 11.5 Å². The molecule has 0 aliphatic carbocycles. The fourth-order valence-corrected chi connectivity index (χ4v) is 7.89. The van der Waals surface area contributed by atoms with E-state index < -0.39 is 11.9 Å². The van der Waals surface area contributed by atoms with Crippen molar-refractivity contribution in [3.05, 3.63) is 75.2 Å². The zero-order chi connectivity index (χ0) is 47.3. The van der Waals surface area contributed by atoms with Gasteiger partial charge in [-0.25, -0.2) is 4.98 Å². The predicted octanol–water partition coefficient (Wildman–Crippen LogP) is 3.08. The van der Waals surface area contributed by atoms with Crippen LogP contribution in [-0.2, 0) is 51.7 Å². The minimum atomic E-state index is -0.653. The van der Waals surface area contributed by atoms with Gasteiger partial charge in [0.25, 0.3) is 17.4 Å². The molecule has 4 amide bonds. The maximum atomic E-state index is 12.9. The van der Waals surface area contributed by atoms with Crippen molar-refractivity contribution in [2.45, 2.75) is 44.4 Å². The maximum absolute atomic E-state index is 12.9. The van der Waals surface area contributed by atoms with Gasteiger partial charge in [0.1, 0.15) is 23.4 Å². The zero-order valence-electron chi connectivity index (χ0n) is 38.0. The summed E-state index contributed by atoms with van der Waals surface area (Å²) < 4.78 is 41.4. The first kappa shape index (κ1) is 49.0. The van der Waals surface area contributed by atoms with Crippen LogP contribution in [0.15, 0.2) is 53.5 Å². The lowest BCUT2D eigenvalue weighted by Gasteiger charge is -2.32. The first-order valence-electron chi connectivity index (χ1n) is 22.3. The predicted molar refractivity (Wildman–Crippen MR) is 246 cm³/mol. The number of nitrogens with one attached hydrogen (secondary N) is 2. The summed E-state index contributed by atoms with van der Waals surface area (Å²) in [6.07, 6.45) is 3.81. The van der Waals surface area contributed by atoms with Gasteiger partial charge < -0.3 is 57.7 Å². The Hall–Kier alpha value is -5.90. The number of benzene rings is 2. The molecule has 2 aromatic heterocycles. The van der Waals surface area contributed by atoms with Crippen LogP contribution < -0.4 is 30.6 Å². The minimum absolute atomic E-state index is 0.0790. The SMILES string of the molecule is CN(C)C(=O)COc1cc2cc(Nc3nc(N4CCC(OCCOCCOCCOCCOCCOc5ccc6c(c5)CN(C5CCC(=O)NC5=O)C6=O)CC4)ncc3Cl)ccc2n(C)c1=O. The third kappa shape index (κ3) is 13.2. The van der Waals surface area contributed by atoms with Crippen LogP contribution in [0.1, 0.15) is 41.6 Å². The van der Waals surface area contributed by atoms with E-state index in [1.807, 2.05) is 18.2 Å². The first-order chi connectivity index (χ1) is 32.4. The van der Waals surface area contributed by atoms with Gasteiger partial charge in [-0.05, 0) is 67.3 Å². The lowest BCUT2D eigenvalue weighted by molar-refractivity contribution is -0.137. The van der Waals surface area contributed by atoms with Gasteiger partial charge in [0.05, 0.1) is 77.3 Å². The highest BCUT2D eigenvalue weighted by molar-refractivity contribution is 6.33. The number of ether oxygens (including phenoxy) is 7. The van der Waals surface area contributed by atoms with Crippen LogP contribution in [-0.4, -0.2) is 160 Å². The lowest BCUT2D eigenvalue weighted by Crippen LogP contribution is -2.52. The molecule has 0 spiro atoms. The second-order valence-corrected chi connectivity index (χ2v) is 16.7. The van der Waals surface area contributed by atoms with Crippen molar-refractivity contribution in [2.24, 2.45) is 7.05 Å². The van der Waals surface area contributed by atoms with Crippen LogP contribution in [0.2, 0.25) is 5.02 Å². The summed E-state index contributed by atoms with van der Waals surface area (Å²) in [4.78, 5) is 75.8. The molecule has 5 heterocycles. The van der Waals surface area contributed by atoms with Crippen molar-refractivity contribution in [3.63, 3.8) is 0 Å². The number of anilines is 3. The van der Waals surface area contributed by atoms with E-state index >= 15 is 0 Å². The fourth-order valence-electron chi connectivity index (χ4n) is 7.75. The molecule has 0 bridgehead atoms. The van der Waals surface area contributed by atoms with E-state index in [0.717, 1.165) is 23.8 Å². The Kier molecular flexibility index (Phi) is 17.3. The van der Waals surface area contributed by atoms with E-state index in [1.54, 1.807) is 51.6 Å². The Bertz CT molecular complexity index is 2450. The number of imide groups is 1.